The zero-order valence-corrected chi connectivity index (χ0v) is 12.3. The number of carbonyl (C=O) groups is 1. The van der Waals surface area contributed by atoms with Crippen molar-refractivity contribution >= 4 is 11.6 Å². The first-order valence-corrected chi connectivity index (χ1v) is 7.39. The van der Waals surface area contributed by atoms with Gasteiger partial charge in [0.2, 0.25) is 5.91 Å². The van der Waals surface area contributed by atoms with Crippen LogP contribution in [0.15, 0.2) is 24.3 Å². The number of amides is 1. The predicted molar refractivity (Wildman–Crippen MR) is 80.9 cm³/mol. The van der Waals surface area contributed by atoms with Gasteiger partial charge in [-0.3, -0.25) is 4.79 Å². The molecule has 0 radical (unpaired) electrons. The number of hydrogen-bond donors (Lipinski definition) is 2. The van der Waals surface area contributed by atoms with E-state index in [9.17, 15) is 4.79 Å². The molecule has 1 aliphatic heterocycles. The van der Waals surface area contributed by atoms with Gasteiger partial charge in [0.15, 0.2) is 0 Å². The summed E-state index contributed by atoms with van der Waals surface area (Å²) in [6.07, 6.45) is 3.88. The van der Waals surface area contributed by atoms with Crippen molar-refractivity contribution in [3.8, 4) is 0 Å². The van der Waals surface area contributed by atoms with Crippen molar-refractivity contribution in [2.45, 2.75) is 44.8 Å². The van der Waals surface area contributed by atoms with E-state index in [1.807, 2.05) is 18.2 Å². The highest BCUT2D eigenvalue weighted by atomic mass is 16.5. The molecular formula is C16H24N2O2. The van der Waals surface area contributed by atoms with Crippen molar-refractivity contribution in [2.24, 2.45) is 0 Å². The third kappa shape index (κ3) is 3.97. The largest absolute Gasteiger partial charge is 0.382 e. The van der Waals surface area contributed by atoms with E-state index in [1.54, 1.807) is 7.05 Å². The lowest BCUT2D eigenvalue weighted by molar-refractivity contribution is -0.119. The van der Waals surface area contributed by atoms with E-state index in [1.165, 1.54) is 0 Å². The fourth-order valence-electron chi connectivity index (χ4n) is 2.59. The van der Waals surface area contributed by atoms with Gasteiger partial charge in [-0.25, -0.2) is 0 Å². The summed E-state index contributed by atoms with van der Waals surface area (Å²) in [5.74, 6) is 0.0395. The first-order chi connectivity index (χ1) is 9.72. The second-order valence-corrected chi connectivity index (χ2v) is 5.27. The van der Waals surface area contributed by atoms with Gasteiger partial charge in [-0.15, -0.1) is 0 Å². The Hall–Kier alpha value is -1.55. The van der Waals surface area contributed by atoms with Crippen LogP contribution >= 0.6 is 0 Å². The van der Waals surface area contributed by atoms with Crippen LogP contribution in [0.25, 0.3) is 0 Å². The first-order valence-electron chi connectivity index (χ1n) is 7.39. The van der Waals surface area contributed by atoms with Gasteiger partial charge in [-0.2, -0.15) is 0 Å². The highest BCUT2D eigenvalue weighted by Crippen LogP contribution is 2.23. The van der Waals surface area contributed by atoms with E-state index in [0.717, 1.165) is 37.1 Å². The highest BCUT2D eigenvalue weighted by molar-refractivity contribution is 5.80. The molecule has 0 bridgehead atoms. The van der Waals surface area contributed by atoms with Gasteiger partial charge in [0, 0.05) is 25.4 Å². The number of carbonyl (C=O) groups excluding carboxylic acids is 1. The molecule has 0 saturated carbocycles. The van der Waals surface area contributed by atoms with Crippen molar-refractivity contribution in [1.82, 2.24) is 5.32 Å². The number of benzene rings is 1. The third-order valence-electron chi connectivity index (χ3n) is 3.83. The van der Waals surface area contributed by atoms with E-state index in [0.29, 0.717) is 18.6 Å². The van der Waals surface area contributed by atoms with Crippen molar-refractivity contribution in [1.29, 1.82) is 0 Å². The second-order valence-electron chi connectivity index (χ2n) is 5.27. The van der Waals surface area contributed by atoms with Gasteiger partial charge in [0.25, 0.3) is 0 Å². The molecule has 4 nitrogen and oxygen atoms in total. The average Bonchev–Trinajstić information content (AvgIpc) is 2.49. The number of anilines is 1. The highest BCUT2D eigenvalue weighted by Gasteiger charge is 2.21. The van der Waals surface area contributed by atoms with Crippen LogP contribution in [-0.2, 0) is 16.0 Å². The first kappa shape index (κ1) is 14.9. The monoisotopic (exact) mass is 276 g/mol. The van der Waals surface area contributed by atoms with Crippen LogP contribution in [-0.4, -0.2) is 31.7 Å². The van der Waals surface area contributed by atoms with E-state index in [4.69, 9.17) is 4.74 Å². The van der Waals surface area contributed by atoms with Crippen molar-refractivity contribution in [3.63, 3.8) is 0 Å². The SMILES string of the molecule is CCC1CC(Nc2ccccc2CC(=O)NC)CCO1. The van der Waals surface area contributed by atoms with E-state index in [-0.39, 0.29) is 5.91 Å². The van der Waals surface area contributed by atoms with Gasteiger partial charge in [0.1, 0.15) is 0 Å². The maximum Gasteiger partial charge on any atom is 0.224 e. The van der Waals surface area contributed by atoms with E-state index >= 15 is 0 Å². The Bertz CT molecular complexity index is 448. The zero-order chi connectivity index (χ0) is 14.4. The minimum absolute atomic E-state index is 0.0395. The summed E-state index contributed by atoms with van der Waals surface area (Å²) >= 11 is 0. The molecule has 0 aromatic heterocycles. The summed E-state index contributed by atoms with van der Waals surface area (Å²) in [6.45, 7) is 2.97. The van der Waals surface area contributed by atoms with Crippen molar-refractivity contribution in [3.05, 3.63) is 29.8 Å². The summed E-state index contributed by atoms with van der Waals surface area (Å²) in [5, 5.41) is 6.26. The van der Waals surface area contributed by atoms with Gasteiger partial charge in [0.05, 0.1) is 12.5 Å². The Morgan fingerprint density at radius 3 is 2.95 bits per heavy atom. The predicted octanol–water partition coefficient (Wildman–Crippen LogP) is 2.34. The molecule has 1 aromatic rings. The summed E-state index contributed by atoms with van der Waals surface area (Å²) in [5.41, 5.74) is 2.12. The standard InChI is InChI=1S/C16H24N2O2/c1-3-14-11-13(8-9-20-14)18-15-7-5-4-6-12(15)10-16(19)17-2/h4-7,13-14,18H,3,8-11H2,1-2H3,(H,17,19). The molecule has 1 aromatic carbocycles. The fraction of sp³-hybridized carbons (Fsp3) is 0.562. The number of likely N-dealkylation sites (N-methyl/N-ethyl adjacent to an activating group) is 1. The molecule has 0 spiro atoms. The molecule has 20 heavy (non-hydrogen) atoms. The molecule has 0 aliphatic carbocycles. The maximum atomic E-state index is 11.6. The minimum atomic E-state index is 0.0395. The number of para-hydroxylation sites is 1. The van der Waals surface area contributed by atoms with Gasteiger partial charge >= 0.3 is 0 Å². The van der Waals surface area contributed by atoms with Crippen LogP contribution in [0.5, 0.6) is 0 Å². The lowest BCUT2D eigenvalue weighted by Gasteiger charge is -2.30. The summed E-state index contributed by atoms with van der Waals surface area (Å²) in [7, 11) is 1.67. The van der Waals surface area contributed by atoms with Crippen LogP contribution < -0.4 is 10.6 Å². The summed E-state index contributed by atoms with van der Waals surface area (Å²) in [4.78, 5) is 11.6. The van der Waals surface area contributed by atoms with Crippen LogP contribution in [0.3, 0.4) is 0 Å². The molecule has 1 fully saturated rings. The average molecular weight is 276 g/mol. The molecule has 2 rings (SSSR count). The Morgan fingerprint density at radius 1 is 1.40 bits per heavy atom. The quantitative estimate of drug-likeness (QED) is 0.868. The molecule has 2 unspecified atom stereocenters. The normalized spacial score (nSPS) is 22.3. The molecule has 4 heteroatoms. The van der Waals surface area contributed by atoms with Crippen molar-refractivity contribution < 1.29 is 9.53 Å². The van der Waals surface area contributed by atoms with Gasteiger partial charge in [-0.1, -0.05) is 25.1 Å². The maximum absolute atomic E-state index is 11.6. The minimum Gasteiger partial charge on any atom is -0.382 e. The third-order valence-corrected chi connectivity index (χ3v) is 3.83. The number of rotatable bonds is 5. The number of hydrogen-bond acceptors (Lipinski definition) is 3. The molecule has 110 valence electrons. The Morgan fingerprint density at radius 2 is 2.20 bits per heavy atom. The molecule has 1 heterocycles. The van der Waals surface area contributed by atoms with Crippen LogP contribution in [0.1, 0.15) is 31.7 Å². The van der Waals surface area contributed by atoms with Crippen LogP contribution in [0.4, 0.5) is 5.69 Å². The lowest BCUT2D eigenvalue weighted by atomic mass is 10.00. The zero-order valence-electron chi connectivity index (χ0n) is 12.3. The van der Waals surface area contributed by atoms with Crippen molar-refractivity contribution in [2.75, 3.05) is 19.0 Å². The Balaban J connectivity index is 2.03. The molecule has 1 amide bonds. The summed E-state index contributed by atoms with van der Waals surface area (Å²) in [6, 6.07) is 8.47. The smallest absolute Gasteiger partial charge is 0.224 e. The van der Waals surface area contributed by atoms with Crippen LogP contribution in [0.2, 0.25) is 0 Å². The second kappa shape index (κ2) is 7.29. The molecule has 1 saturated heterocycles. The topological polar surface area (TPSA) is 50.4 Å². The Kier molecular flexibility index (Phi) is 5.41. The van der Waals surface area contributed by atoms with E-state index in [2.05, 4.69) is 23.6 Å². The lowest BCUT2D eigenvalue weighted by Crippen LogP contribution is -2.34. The fourth-order valence-corrected chi connectivity index (χ4v) is 2.59. The molecule has 1 aliphatic rings. The summed E-state index contributed by atoms with van der Waals surface area (Å²) < 4.78 is 5.70. The molecule has 2 atom stereocenters. The molecular weight excluding hydrogens is 252 g/mol. The van der Waals surface area contributed by atoms with Gasteiger partial charge in [-0.05, 0) is 30.9 Å². The van der Waals surface area contributed by atoms with E-state index < -0.39 is 0 Å². The molecule has 2 N–H and O–H groups in total. The number of ether oxygens (including phenoxy) is 1. The Labute approximate surface area is 120 Å². The number of nitrogens with one attached hydrogen (secondary N) is 2. The van der Waals surface area contributed by atoms with Gasteiger partial charge < -0.3 is 15.4 Å². The van der Waals surface area contributed by atoms with Crippen LogP contribution in [0, 0.1) is 0 Å².